The number of nitrogens with two attached hydrogens (primary N) is 1. The average molecular weight is 268 g/mol. The highest BCUT2D eigenvalue weighted by Gasteiger charge is 2.13. The Kier molecular flexibility index (Phi) is 6.27. The van der Waals surface area contributed by atoms with Crippen molar-refractivity contribution in [1.29, 1.82) is 0 Å². The Labute approximate surface area is 114 Å². The SMILES string of the molecule is CCCOc1nc(NN)nc(NC(C)C(C)CC)n1. The summed E-state index contributed by atoms with van der Waals surface area (Å²) in [6.07, 6.45) is 1.98. The van der Waals surface area contributed by atoms with Gasteiger partial charge in [-0.25, -0.2) is 5.84 Å². The second-order valence-corrected chi connectivity index (χ2v) is 4.58. The summed E-state index contributed by atoms with van der Waals surface area (Å²) in [5.74, 6) is 6.63. The summed E-state index contributed by atoms with van der Waals surface area (Å²) in [6.45, 7) is 9.01. The van der Waals surface area contributed by atoms with Gasteiger partial charge in [0.2, 0.25) is 11.9 Å². The number of hydrogen-bond donors (Lipinski definition) is 3. The number of nitrogens with zero attached hydrogens (tertiary/aromatic N) is 3. The van der Waals surface area contributed by atoms with E-state index in [-0.39, 0.29) is 12.1 Å². The first kappa shape index (κ1) is 15.4. The molecular weight excluding hydrogens is 244 g/mol. The first-order chi connectivity index (χ1) is 9.10. The molecule has 0 saturated heterocycles. The number of ether oxygens (including phenoxy) is 1. The minimum Gasteiger partial charge on any atom is -0.463 e. The standard InChI is InChI=1S/C12H24N6O/c1-5-7-19-12-16-10(15-11(17-12)18-13)14-9(4)8(3)6-2/h8-9H,5-7,13H2,1-4H3,(H2,14,15,16,17,18). The quantitative estimate of drug-likeness (QED) is 0.488. The molecule has 0 aliphatic rings. The topological polar surface area (TPSA) is 98.0 Å². The molecule has 1 aromatic heterocycles. The van der Waals surface area contributed by atoms with Crippen molar-refractivity contribution in [1.82, 2.24) is 15.0 Å². The second-order valence-electron chi connectivity index (χ2n) is 4.58. The lowest BCUT2D eigenvalue weighted by molar-refractivity contribution is 0.292. The van der Waals surface area contributed by atoms with Crippen LogP contribution in [0.5, 0.6) is 6.01 Å². The third-order valence-electron chi connectivity index (χ3n) is 3.03. The van der Waals surface area contributed by atoms with Crippen LogP contribution in [-0.2, 0) is 0 Å². The molecule has 2 unspecified atom stereocenters. The monoisotopic (exact) mass is 268 g/mol. The van der Waals surface area contributed by atoms with Gasteiger partial charge < -0.3 is 10.1 Å². The van der Waals surface area contributed by atoms with Crippen LogP contribution >= 0.6 is 0 Å². The number of hydrazine groups is 1. The minimum atomic E-state index is 0.261. The molecule has 108 valence electrons. The van der Waals surface area contributed by atoms with Gasteiger partial charge in [-0.05, 0) is 19.3 Å². The molecule has 0 fully saturated rings. The fraction of sp³-hybridized carbons (Fsp3) is 0.750. The number of nitrogens with one attached hydrogen (secondary N) is 2. The molecule has 0 spiro atoms. The lowest BCUT2D eigenvalue weighted by Crippen LogP contribution is -2.25. The Morgan fingerprint density at radius 2 is 1.84 bits per heavy atom. The summed E-state index contributed by atoms with van der Waals surface area (Å²) in [4.78, 5) is 12.4. The summed E-state index contributed by atoms with van der Waals surface area (Å²) in [6, 6.07) is 0.542. The van der Waals surface area contributed by atoms with Crippen molar-refractivity contribution in [3.05, 3.63) is 0 Å². The zero-order valence-corrected chi connectivity index (χ0v) is 12.1. The largest absolute Gasteiger partial charge is 0.463 e. The molecule has 19 heavy (non-hydrogen) atoms. The Balaban J connectivity index is 2.81. The smallest absolute Gasteiger partial charge is 0.323 e. The number of nitrogen functional groups attached to an aromatic ring is 1. The maximum Gasteiger partial charge on any atom is 0.323 e. The molecule has 0 aliphatic heterocycles. The van der Waals surface area contributed by atoms with Crippen LogP contribution in [0.3, 0.4) is 0 Å². The Hall–Kier alpha value is -1.63. The molecule has 0 radical (unpaired) electrons. The van der Waals surface area contributed by atoms with Crippen LogP contribution in [0.1, 0.15) is 40.5 Å². The fourth-order valence-electron chi connectivity index (χ4n) is 1.44. The molecule has 2 atom stereocenters. The van der Waals surface area contributed by atoms with Gasteiger partial charge in [0, 0.05) is 6.04 Å². The molecule has 0 saturated carbocycles. The molecule has 7 heteroatoms. The van der Waals surface area contributed by atoms with E-state index in [1.807, 2.05) is 6.92 Å². The predicted octanol–water partition coefficient (Wildman–Crippen LogP) is 1.79. The van der Waals surface area contributed by atoms with Gasteiger partial charge in [0.15, 0.2) is 0 Å². The summed E-state index contributed by atoms with van der Waals surface area (Å²) >= 11 is 0. The van der Waals surface area contributed by atoms with E-state index in [1.54, 1.807) is 0 Å². The first-order valence-corrected chi connectivity index (χ1v) is 6.72. The molecule has 1 aromatic rings. The lowest BCUT2D eigenvalue weighted by Gasteiger charge is -2.20. The molecule has 4 N–H and O–H groups in total. The third kappa shape index (κ3) is 4.86. The zero-order valence-electron chi connectivity index (χ0n) is 12.1. The Morgan fingerprint density at radius 3 is 2.42 bits per heavy atom. The van der Waals surface area contributed by atoms with E-state index < -0.39 is 0 Å². The van der Waals surface area contributed by atoms with Crippen molar-refractivity contribution < 1.29 is 4.74 Å². The maximum atomic E-state index is 5.41. The lowest BCUT2D eigenvalue weighted by atomic mass is 10.0. The number of aromatic nitrogens is 3. The molecule has 0 aromatic carbocycles. The Bertz CT molecular complexity index is 386. The van der Waals surface area contributed by atoms with Crippen molar-refractivity contribution >= 4 is 11.9 Å². The summed E-state index contributed by atoms with van der Waals surface area (Å²) < 4.78 is 5.41. The molecule has 7 nitrogen and oxygen atoms in total. The third-order valence-corrected chi connectivity index (χ3v) is 3.03. The second kappa shape index (κ2) is 7.73. The molecule has 0 amide bonds. The van der Waals surface area contributed by atoms with Gasteiger partial charge >= 0.3 is 6.01 Å². The van der Waals surface area contributed by atoms with Crippen molar-refractivity contribution in [2.24, 2.45) is 11.8 Å². The van der Waals surface area contributed by atoms with Crippen molar-refractivity contribution in [2.45, 2.75) is 46.6 Å². The molecule has 0 bridgehead atoms. The highest BCUT2D eigenvalue weighted by Crippen LogP contribution is 2.15. The molecule has 0 aliphatic carbocycles. The van der Waals surface area contributed by atoms with E-state index in [0.29, 0.717) is 24.4 Å². The van der Waals surface area contributed by atoms with Crippen LogP contribution in [0.25, 0.3) is 0 Å². The first-order valence-electron chi connectivity index (χ1n) is 6.72. The van der Waals surface area contributed by atoms with Gasteiger partial charge in [0.05, 0.1) is 6.61 Å². The number of anilines is 2. The van der Waals surface area contributed by atoms with Gasteiger partial charge in [-0.15, -0.1) is 0 Å². The predicted molar refractivity (Wildman–Crippen MR) is 76.0 cm³/mol. The van der Waals surface area contributed by atoms with Crippen LogP contribution in [0.4, 0.5) is 11.9 Å². The van der Waals surface area contributed by atoms with Gasteiger partial charge in [-0.2, -0.15) is 15.0 Å². The van der Waals surface area contributed by atoms with Crippen LogP contribution in [0, 0.1) is 5.92 Å². The Morgan fingerprint density at radius 1 is 1.16 bits per heavy atom. The van der Waals surface area contributed by atoms with Gasteiger partial charge in [0.25, 0.3) is 0 Å². The van der Waals surface area contributed by atoms with E-state index in [2.05, 4.69) is 46.5 Å². The van der Waals surface area contributed by atoms with Crippen molar-refractivity contribution in [2.75, 3.05) is 17.3 Å². The number of hydrogen-bond acceptors (Lipinski definition) is 7. The van der Waals surface area contributed by atoms with Gasteiger partial charge in [0.1, 0.15) is 0 Å². The van der Waals surface area contributed by atoms with E-state index in [0.717, 1.165) is 12.8 Å². The highest BCUT2D eigenvalue weighted by molar-refractivity contribution is 5.35. The van der Waals surface area contributed by atoms with Crippen molar-refractivity contribution in [3.8, 4) is 6.01 Å². The van der Waals surface area contributed by atoms with E-state index in [9.17, 15) is 0 Å². The molecular formula is C12H24N6O. The highest BCUT2D eigenvalue weighted by atomic mass is 16.5. The van der Waals surface area contributed by atoms with Crippen LogP contribution < -0.4 is 21.3 Å². The van der Waals surface area contributed by atoms with E-state index in [1.165, 1.54) is 0 Å². The molecule has 1 rings (SSSR count). The van der Waals surface area contributed by atoms with Crippen LogP contribution in [-0.4, -0.2) is 27.6 Å². The van der Waals surface area contributed by atoms with E-state index >= 15 is 0 Å². The van der Waals surface area contributed by atoms with Gasteiger partial charge in [-0.3, -0.25) is 5.43 Å². The van der Waals surface area contributed by atoms with Gasteiger partial charge in [-0.1, -0.05) is 27.2 Å². The zero-order chi connectivity index (χ0) is 14.3. The maximum absolute atomic E-state index is 5.41. The number of rotatable bonds is 8. The summed E-state index contributed by atoms with van der Waals surface area (Å²) in [7, 11) is 0. The fourth-order valence-corrected chi connectivity index (χ4v) is 1.44. The normalized spacial score (nSPS) is 13.7. The van der Waals surface area contributed by atoms with Crippen LogP contribution in [0.15, 0.2) is 0 Å². The average Bonchev–Trinajstić information content (AvgIpc) is 2.43. The summed E-state index contributed by atoms with van der Waals surface area (Å²) in [5.41, 5.74) is 2.42. The summed E-state index contributed by atoms with van der Waals surface area (Å²) in [5, 5.41) is 3.25. The molecule has 1 heterocycles. The van der Waals surface area contributed by atoms with Crippen molar-refractivity contribution in [3.63, 3.8) is 0 Å². The van der Waals surface area contributed by atoms with E-state index in [4.69, 9.17) is 10.6 Å². The minimum absolute atomic E-state index is 0.261. The van der Waals surface area contributed by atoms with Crippen LogP contribution in [0.2, 0.25) is 0 Å².